The quantitative estimate of drug-likeness (QED) is 0.859. The molecule has 0 heterocycles. The highest BCUT2D eigenvalue weighted by molar-refractivity contribution is 5.95. The molecule has 2 aliphatic rings. The van der Waals surface area contributed by atoms with Crippen molar-refractivity contribution < 1.29 is 4.79 Å². The van der Waals surface area contributed by atoms with E-state index in [4.69, 9.17) is 5.73 Å². The maximum atomic E-state index is 11.3. The van der Waals surface area contributed by atoms with Gasteiger partial charge in [0.1, 0.15) is 0 Å². The van der Waals surface area contributed by atoms with Gasteiger partial charge in [0.25, 0.3) is 0 Å². The second kappa shape index (κ2) is 4.30. The van der Waals surface area contributed by atoms with Gasteiger partial charge in [-0.1, -0.05) is 12.5 Å². The average Bonchev–Trinajstić information content (AvgIpc) is 2.93. The highest BCUT2D eigenvalue weighted by Crippen LogP contribution is 2.45. The molecule has 96 valence electrons. The molecule has 18 heavy (non-hydrogen) atoms. The van der Waals surface area contributed by atoms with Gasteiger partial charge < -0.3 is 11.1 Å². The zero-order valence-corrected chi connectivity index (χ0v) is 10.8. The molecule has 3 atom stereocenters. The standard InChI is InChI=1S/C15H20N2O/c1-9-12(15(16)18)3-2-4-13(9)17-14-8-10-5-6-11(14)7-10/h2-4,10-11,14,17H,5-8H2,1H3,(H2,16,18). The van der Waals surface area contributed by atoms with Crippen LogP contribution in [0.25, 0.3) is 0 Å². The fraction of sp³-hybridized carbons (Fsp3) is 0.533. The molecule has 3 rings (SSSR count). The molecule has 2 saturated carbocycles. The summed E-state index contributed by atoms with van der Waals surface area (Å²) in [6, 6.07) is 6.34. The number of nitrogens with two attached hydrogens (primary N) is 1. The Labute approximate surface area is 108 Å². The van der Waals surface area contributed by atoms with Gasteiger partial charge in [-0.2, -0.15) is 0 Å². The van der Waals surface area contributed by atoms with Gasteiger partial charge in [-0.15, -0.1) is 0 Å². The topological polar surface area (TPSA) is 55.1 Å². The van der Waals surface area contributed by atoms with E-state index in [0.29, 0.717) is 11.6 Å². The summed E-state index contributed by atoms with van der Waals surface area (Å²) in [5.41, 5.74) is 8.07. The fourth-order valence-corrected chi connectivity index (χ4v) is 3.68. The van der Waals surface area contributed by atoms with Gasteiger partial charge in [-0.05, 0) is 55.7 Å². The predicted octanol–water partition coefficient (Wildman–Crippen LogP) is 2.69. The van der Waals surface area contributed by atoms with Crippen LogP contribution in [0.3, 0.4) is 0 Å². The van der Waals surface area contributed by atoms with Crippen molar-refractivity contribution in [1.82, 2.24) is 0 Å². The molecule has 0 radical (unpaired) electrons. The van der Waals surface area contributed by atoms with Crippen LogP contribution in [0.5, 0.6) is 0 Å². The zero-order chi connectivity index (χ0) is 12.7. The number of carbonyl (C=O) groups excluding carboxylic acids is 1. The van der Waals surface area contributed by atoms with E-state index in [1.165, 1.54) is 25.7 Å². The van der Waals surface area contributed by atoms with Crippen LogP contribution in [0.2, 0.25) is 0 Å². The number of hydrogen-bond acceptors (Lipinski definition) is 2. The summed E-state index contributed by atoms with van der Waals surface area (Å²) in [7, 11) is 0. The van der Waals surface area contributed by atoms with Gasteiger partial charge in [-0.25, -0.2) is 0 Å². The number of nitrogens with one attached hydrogen (secondary N) is 1. The molecule has 3 N–H and O–H groups in total. The number of amides is 1. The molecule has 1 aromatic rings. The van der Waals surface area contributed by atoms with Gasteiger partial charge in [0.15, 0.2) is 0 Å². The molecule has 0 spiro atoms. The maximum Gasteiger partial charge on any atom is 0.249 e. The van der Waals surface area contributed by atoms with Crippen molar-refractivity contribution in [2.75, 3.05) is 5.32 Å². The highest BCUT2D eigenvalue weighted by atomic mass is 16.1. The normalized spacial score (nSPS) is 29.5. The van der Waals surface area contributed by atoms with Crippen LogP contribution in [-0.4, -0.2) is 11.9 Å². The molecule has 0 aliphatic heterocycles. The number of primary amides is 1. The second-order valence-corrected chi connectivity index (χ2v) is 5.77. The minimum atomic E-state index is -0.343. The molecule has 3 nitrogen and oxygen atoms in total. The van der Waals surface area contributed by atoms with Crippen LogP contribution in [0.15, 0.2) is 18.2 Å². The van der Waals surface area contributed by atoms with Gasteiger partial charge in [0, 0.05) is 17.3 Å². The van der Waals surface area contributed by atoms with Gasteiger partial charge >= 0.3 is 0 Å². The van der Waals surface area contributed by atoms with E-state index in [0.717, 1.165) is 23.1 Å². The third-order valence-electron chi connectivity index (χ3n) is 4.68. The van der Waals surface area contributed by atoms with Crippen molar-refractivity contribution in [3.8, 4) is 0 Å². The van der Waals surface area contributed by atoms with E-state index < -0.39 is 0 Å². The summed E-state index contributed by atoms with van der Waals surface area (Å²) in [5, 5.41) is 3.63. The van der Waals surface area contributed by atoms with Gasteiger partial charge in [-0.3, -0.25) is 4.79 Å². The van der Waals surface area contributed by atoms with E-state index in [1.807, 2.05) is 19.1 Å². The van der Waals surface area contributed by atoms with Crippen molar-refractivity contribution in [3.05, 3.63) is 29.3 Å². The number of carbonyl (C=O) groups is 1. The van der Waals surface area contributed by atoms with Crippen molar-refractivity contribution in [3.63, 3.8) is 0 Å². The number of fused-ring (bicyclic) bond motifs is 2. The van der Waals surface area contributed by atoms with E-state index in [1.54, 1.807) is 6.07 Å². The second-order valence-electron chi connectivity index (χ2n) is 5.77. The first kappa shape index (κ1) is 11.6. The first-order chi connectivity index (χ1) is 8.65. The lowest BCUT2D eigenvalue weighted by Gasteiger charge is -2.25. The van der Waals surface area contributed by atoms with Crippen LogP contribution in [0.1, 0.15) is 41.6 Å². The minimum absolute atomic E-state index is 0.343. The summed E-state index contributed by atoms with van der Waals surface area (Å²) in [6.45, 7) is 1.97. The minimum Gasteiger partial charge on any atom is -0.382 e. The summed E-state index contributed by atoms with van der Waals surface area (Å²) < 4.78 is 0. The van der Waals surface area contributed by atoms with E-state index in [-0.39, 0.29) is 5.91 Å². The Morgan fingerprint density at radius 2 is 2.17 bits per heavy atom. The van der Waals surface area contributed by atoms with E-state index in [9.17, 15) is 4.79 Å². The Bertz CT molecular complexity index is 483. The molecule has 1 amide bonds. The molecule has 0 saturated heterocycles. The van der Waals surface area contributed by atoms with Crippen LogP contribution < -0.4 is 11.1 Å². The Balaban J connectivity index is 1.81. The number of hydrogen-bond donors (Lipinski definition) is 2. The van der Waals surface area contributed by atoms with Crippen molar-refractivity contribution >= 4 is 11.6 Å². The van der Waals surface area contributed by atoms with Crippen LogP contribution in [-0.2, 0) is 0 Å². The summed E-state index contributed by atoms with van der Waals surface area (Å²) in [4.78, 5) is 11.3. The third kappa shape index (κ3) is 1.88. The number of benzene rings is 1. The molecular formula is C15H20N2O. The number of anilines is 1. The van der Waals surface area contributed by atoms with Gasteiger partial charge in [0.2, 0.25) is 5.91 Å². The van der Waals surface area contributed by atoms with Crippen molar-refractivity contribution in [2.45, 2.75) is 38.6 Å². The molecule has 3 heteroatoms. The molecule has 2 bridgehead atoms. The Morgan fingerprint density at radius 1 is 1.33 bits per heavy atom. The van der Waals surface area contributed by atoms with Crippen LogP contribution in [0, 0.1) is 18.8 Å². The lowest BCUT2D eigenvalue weighted by atomic mass is 9.94. The largest absolute Gasteiger partial charge is 0.382 e. The average molecular weight is 244 g/mol. The summed E-state index contributed by atoms with van der Waals surface area (Å²) >= 11 is 0. The van der Waals surface area contributed by atoms with E-state index >= 15 is 0 Å². The molecule has 2 fully saturated rings. The summed E-state index contributed by atoms with van der Waals surface area (Å²) in [6.07, 6.45) is 5.43. The lowest BCUT2D eigenvalue weighted by Crippen LogP contribution is -2.26. The molecular weight excluding hydrogens is 224 g/mol. The van der Waals surface area contributed by atoms with E-state index in [2.05, 4.69) is 5.32 Å². The van der Waals surface area contributed by atoms with Crippen LogP contribution in [0.4, 0.5) is 5.69 Å². The molecule has 2 aliphatic carbocycles. The first-order valence-electron chi connectivity index (χ1n) is 6.81. The van der Waals surface area contributed by atoms with Crippen LogP contribution >= 0.6 is 0 Å². The Hall–Kier alpha value is -1.51. The summed E-state index contributed by atoms with van der Waals surface area (Å²) in [5.74, 6) is 1.41. The zero-order valence-electron chi connectivity index (χ0n) is 10.8. The first-order valence-corrected chi connectivity index (χ1v) is 6.81. The molecule has 1 aromatic carbocycles. The number of rotatable bonds is 3. The molecule has 0 aromatic heterocycles. The molecule has 3 unspecified atom stereocenters. The monoisotopic (exact) mass is 244 g/mol. The Kier molecular flexibility index (Phi) is 2.77. The van der Waals surface area contributed by atoms with Crippen molar-refractivity contribution in [1.29, 1.82) is 0 Å². The Morgan fingerprint density at radius 3 is 2.78 bits per heavy atom. The smallest absolute Gasteiger partial charge is 0.249 e. The SMILES string of the molecule is Cc1c(NC2CC3CCC2C3)cccc1C(N)=O. The predicted molar refractivity (Wildman–Crippen MR) is 72.6 cm³/mol. The highest BCUT2D eigenvalue weighted by Gasteiger charge is 2.39. The van der Waals surface area contributed by atoms with Gasteiger partial charge in [0.05, 0.1) is 0 Å². The lowest BCUT2D eigenvalue weighted by molar-refractivity contribution is 0.1000. The fourth-order valence-electron chi connectivity index (χ4n) is 3.68. The van der Waals surface area contributed by atoms with Crippen molar-refractivity contribution in [2.24, 2.45) is 17.6 Å². The maximum absolute atomic E-state index is 11.3. The third-order valence-corrected chi connectivity index (χ3v) is 4.68.